The molecule has 0 bridgehead atoms. The van der Waals surface area contributed by atoms with E-state index < -0.39 is 50.6 Å². The van der Waals surface area contributed by atoms with Crippen LogP contribution in [0.25, 0.3) is 0 Å². The lowest BCUT2D eigenvalue weighted by Gasteiger charge is -2.18. The van der Waals surface area contributed by atoms with Crippen LogP contribution in [0, 0.1) is 17.8 Å². The highest BCUT2D eigenvalue weighted by atomic mass is 31.2. The number of Topliss-reactive ketones (excluding diaryl/α,β-unsaturated/α-hetero) is 1. The third-order valence-corrected chi connectivity index (χ3v) is 10.0. The summed E-state index contributed by atoms with van der Waals surface area (Å²) in [6.45, 7) is 5.65. The van der Waals surface area contributed by atoms with Crippen molar-refractivity contribution in [3.8, 4) is 0 Å². The molecule has 12 heteroatoms. The highest BCUT2D eigenvalue weighted by Crippen LogP contribution is 2.36. The quantitative estimate of drug-likeness (QED) is 0.0224. The van der Waals surface area contributed by atoms with Gasteiger partial charge in [0.05, 0.1) is 18.8 Å². The number of allylic oxidation sites excluding steroid dienone is 3. The third kappa shape index (κ3) is 26.0. The fourth-order valence-electron chi connectivity index (χ4n) is 6.42. The van der Waals surface area contributed by atoms with E-state index in [-0.39, 0.29) is 37.6 Å². The fraction of sp³-hybridized carbons (Fsp3) is 0.825. The molecule has 0 aromatic rings. The maximum absolute atomic E-state index is 12.4. The summed E-state index contributed by atoms with van der Waals surface area (Å²) in [7, 11) is -4.81. The second kappa shape index (κ2) is 29.5. The first kappa shape index (κ1) is 48.1. The molecule has 1 rings (SSSR count). The molecule has 4 N–H and O–H groups in total. The highest BCUT2D eigenvalue weighted by molar-refractivity contribution is 7.46. The SMILES string of the molecule is CCCCC[C@H](O)/C=C/[C@H]1C(=O)C[C@H](O)[C@@H]1C/C=C\CCCC(=O)OC[C@H](COP(=O)(O)O)OC(=O)CCCCCCCCCCCCCC(C)C. The highest BCUT2D eigenvalue weighted by Gasteiger charge is 2.39. The summed E-state index contributed by atoms with van der Waals surface area (Å²) < 4.78 is 26.3. The number of aliphatic hydroxyl groups excluding tert-OH is 2. The van der Waals surface area contributed by atoms with Gasteiger partial charge in [0.2, 0.25) is 0 Å². The molecule has 0 radical (unpaired) electrons. The van der Waals surface area contributed by atoms with Crippen molar-refractivity contribution < 1.29 is 52.9 Å². The molecular formula is C40H71O11P. The Kier molecular flexibility index (Phi) is 27.3. The van der Waals surface area contributed by atoms with Crippen LogP contribution in [-0.2, 0) is 32.9 Å². The van der Waals surface area contributed by atoms with Crippen LogP contribution in [-0.4, -0.2) is 69.2 Å². The number of ether oxygens (including phenoxy) is 2. The van der Waals surface area contributed by atoms with Crippen molar-refractivity contribution in [1.82, 2.24) is 0 Å². The Morgan fingerprint density at radius 2 is 1.42 bits per heavy atom. The summed E-state index contributed by atoms with van der Waals surface area (Å²) in [4.78, 5) is 55.4. The number of ketones is 1. The van der Waals surface area contributed by atoms with E-state index >= 15 is 0 Å². The van der Waals surface area contributed by atoms with Crippen molar-refractivity contribution in [2.24, 2.45) is 17.8 Å². The molecule has 1 aliphatic rings. The van der Waals surface area contributed by atoms with Gasteiger partial charge in [-0.25, -0.2) is 4.57 Å². The van der Waals surface area contributed by atoms with Crippen LogP contribution in [0.3, 0.4) is 0 Å². The van der Waals surface area contributed by atoms with E-state index in [2.05, 4.69) is 25.3 Å². The van der Waals surface area contributed by atoms with Gasteiger partial charge in [0.1, 0.15) is 12.4 Å². The lowest BCUT2D eigenvalue weighted by molar-refractivity contribution is -0.161. The number of phosphoric acid groups is 1. The maximum atomic E-state index is 12.4. The Morgan fingerprint density at radius 1 is 0.827 bits per heavy atom. The van der Waals surface area contributed by atoms with Crippen molar-refractivity contribution in [2.45, 2.75) is 180 Å². The number of aliphatic hydroxyl groups is 2. The Hall–Kier alpha value is -1.88. The smallest absolute Gasteiger partial charge is 0.462 e. The van der Waals surface area contributed by atoms with Gasteiger partial charge in [-0.05, 0) is 38.0 Å². The number of carbonyl (C=O) groups is 3. The summed E-state index contributed by atoms with van der Waals surface area (Å²) >= 11 is 0. The monoisotopic (exact) mass is 758 g/mol. The number of esters is 2. The molecule has 0 saturated heterocycles. The van der Waals surface area contributed by atoms with Crippen molar-refractivity contribution in [1.29, 1.82) is 0 Å². The standard InChI is InChI=1S/C40H71O11P/c1-4-5-17-23-33(41)27-28-36-35(37(42)29-38(36)43)24-19-15-16-20-25-39(44)49-30-34(31-50-52(46,47)48)51-40(45)26-21-14-12-10-8-6-7-9-11-13-18-22-32(2)3/h15,19,27-28,32-37,41-42H,4-14,16-18,20-26,29-31H2,1-3H3,(H2,46,47,48)/b19-15-,28-27+/t33-,34+,35+,36+,37-/m0/s1. The van der Waals surface area contributed by atoms with Crippen LogP contribution >= 0.6 is 7.82 Å². The molecule has 0 unspecified atom stereocenters. The van der Waals surface area contributed by atoms with Crippen molar-refractivity contribution in [3.63, 3.8) is 0 Å². The van der Waals surface area contributed by atoms with Gasteiger partial charge in [-0.1, -0.05) is 135 Å². The molecule has 0 heterocycles. The number of rotatable bonds is 32. The van der Waals surface area contributed by atoms with Gasteiger partial charge >= 0.3 is 19.8 Å². The van der Waals surface area contributed by atoms with E-state index in [1.807, 2.05) is 12.2 Å². The predicted molar refractivity (Wildman–Crippen MR) is 203 cm³/mol. The van der Waals surface area contributed by atoms with Gasteiger partial charge < -0.3 is 29.5 Å². The van der Waals surface area contributed by atoms with Crippen LogP contribution in [0.5, 0.6) is 0 Å². The lowest BCUT2D eigenvalue weighted by Crippen LogP contribution is -2.29. The van der Waals surface area contributed by atoms with Crippen LogP contribution < -0.4 is 0 Å². The Morgan fingerprint density at radius 3 is 2.04 bits per heavy atom. The molecule has 1 saturated carbocycles. The van der Waals surface area contributed by atoms with Gasteiger partial charge in [-0.3, -0.25) is 18.9 Å². The molecule has 0 spiro atoms. The molecule has 0 aliphatic heterocycles. The molecule has 52 heavy (non-hydrogen) atoms. The molecule has 0 amide bonds. The normalized spacial score (nSPS) is 19.2. The zero-order chi connectivity index (χ0) is 38.6. The minimum absolute atomic E-state index is 0.0322. The average Bonchev–Trinajstić information content (AvgIpc) is 3.35. The van der Waals surface area contributed by atoms with E-state index in [0.29, 0.717) is 32.1 Å². The minimum atomic E-state index is -4.81. The molecule has 5 atom stereocenters. The molecule has 0 aromatic heterocycles. The van der Waals surface area contributed by atoms with Gasteiger partial charge in [0.15, 0.2) is 6.10 Å². The molecule has 11 nitrogen and oxygen atoms in total. The maximum Gasteiger partial charge on any atom is 0.469 e. The van der Waals surface area contributed by atoms with E-state index in [9.17, 15) is 29.2 Å². The number of phosphoric ester groups is 1. The second-order valence-electron chi connectivity index (χ2n) is 14.9. The first-order valence-corrected chi connectivity index (χ1v) is 21.6. The molecular weight excluding hydrogens is 687 g/mol. The van der Waals surface area contributed by atoms with E-state index in [0.717, 1.165) is 44.4 Å². The molecule has 0 aromatic carbocycles. The first-order chi connectivity index (χ1) is 24.8. The number of unbranched alkanes of at least 4 members (excludes halogenated alkanes) is 13. The van der Waals surface area contributed by atoms with Gasteiger partial charge in [0, 0.05) is 31.1 Å². The van der Waals surface area contributed by atoms with E-state index in [1.54, 1.807) is 12.2 Å². The van der Waals surface area contributed by atoms with Gasteiger partial charge in [-0.15, -0.1) is 0 Å². The first-order valence-electron chi connectivity index (χ1n) is 20.1. The van der Waals surface area contributed by atoms with E-state index in [4.69, 9.17) is 19.3 Å². The molecule has 302 valence electrons. The number of carbonyl (C=O) groups excluding carboxylic acids is 3. The molecule has 1 aliphatic carbocycles. The Balaban J connectivity index is 2.32. The van der Waals surface area contributed by atoms with Crippen LogP contribution in [0.1, 0.15) is 162 Å². The average molecular weight is 759 g/mol. The summed E-state index contributed by atoms with van der Waals surface area (Å²) in [5.41, 5.74) is 0. The number of hydrogen-bond acceptors (Lipinski definition) is 9. The van der Waals surface area contributed by atoms with Crippen LogP contribution in [0.4, 0.5) is 0 Å². The Bertz CT molecular complexity index is 1070. The zero-order valence-corrected chi connectivity index (χ0v) is 33.2. The van der Waals surface area contributed by atoms with Crippen molar-refractivity contribution >= 4 is 25.5 Å². The van der Waals surface area contributed by atoms with Crippen molar-refractivity contribution in [3.05, 3.63) is 24.3 Å². The van der Waals surface area contributed by atoms with Gasteiger partial charge in [0.25, 0.3) is 0 Å². The lowest BCUT2D eigenvalue weighted by atomic mass is 9.90. The summed E-state index contributed by atoms with van der Waals surface area (Å²) in [6.07, 6.45) is 24.2. The van der Waals surface area contributed by atoms with Gasteiger partial charge in [-0.2, -0.15) is 0 Å². The fourth-order valence-corrected chi connectivity index (χ4v) is 6.78. The largest absolute Gasteiger partial charge is 0.469 e. The summed E-state index contributed by atoms with van der Waals surface area (Å²) in [6, 6.07) is 0. The summed E-state index contributed by atoms with van der Waals surface area (Å²) in [5.74, 6) is -1.03. The zero-order valence-electron chi connectivity index (χ0n) is 32.3. The third-order valence-electron chi connectivity index (χ3n) is 9.53. The topological polar surface area (TPSA) is 177 Å². The molecule has 1 fully saturated rings. The Labute approximate surface area is 313 Å². The predicted octanol–water partition coefficient (Wildman–Crippen LogP) is 8.46. The van der Waals surface area contributed by atoms with Crippen LogP contribution in [0.15, 0.2) is 24.3 Å². The van der Waals surface area contributed by atoms with E-state index in [1.165, 1.54) is 51.4 Å². The number of hydrogen-bond donors (Lipinski definition) is 4. The summed E-state index contributed by atoms with van der Waals surface area (Å²) in [5, 5.41) is 20.6. The van der Waals surface area contributed by atoms with Crippen molar-refractivity contribution in [2.75, 3.05) is 13.2 Å². The minimum Gasteiger partial charge on any atom is -0.462 e. The second-order valence-corrected chi connectivity index (χ2v) is 16.1. The van der Waals surface area contributed by atoms with Crippen LogP contribution in [0.2, 0.25) is 0 Å².